The molecule has 0 spiro atoms. The molecule has 4 atom stereocenters. The molecule has 5 rings (SSSR count). The molecule has 0 aliphatic rings. The summed E-state index contributed by atoms with van der Waals surface area (Å²) in [6.45, 7) is 7.50. The highest BCUT2D eigenvalue weighted by Crippen LogP contribution is 2.42. The van der Waals surface area contributed by atoms with Crippen LogP contribution >= 0.6 is 0 Å². The highest BCUT2D eigenvalue weighted by atomic mass is 16.5. The van der Waals surface area contributed by atoms with E-state index in [2.05, 4.69) is 124 Å². The maximum absolute atomic E-state index is 10.9. The summed E-state index contributed by atoms with van der Waals surface area (Å²) in [6.07, 6.45) is 3.22. The Bertz CT molecular complexity index is 1550. The first-order valence-electron chi connectivity index (χ1n) is 15.9. The second kappa shape index (κ2) is 16.0. The van der Waals surface area contributed by atoms with E-state index in [0.29, 0.717) is 6.61 Å². The zero-order valence-electron chi connectivity index (χ0n) is 26.6. The zero-order valence-corrected chi connectivity index (χ0v) is 26.6. The van der Waals surface area contributed by atoms with Crippen LogP contribution in [0.1, 0.15) is 77.5 Å². The van der Waals surface area contributed by atoms with Gasteiger partial charge in [-0.2, -0.15) is 0 Å². The summed E-state index contributed by atoms with van der Waals surface area (Å²) >= 11 is 0. The van der Waals surface area contributed by atoms with E-state index in [9.17, 15) is 5.11 Å². The minimum absolute atomic E-state index is 0.0855. The van der Waals surface area contributed by atoms with Crippen molar-refractivity contribution in [2.45, 2.75) is 44.6 Å². The van der Waals surface area contributed by atoms with Gasteiger partial charge in [0.05, 0.1) is 13.2 Å². The molecule has 0 radical (unpaired) electrons. The van der Waals surface area contributed by atoms with Crippen LogP contribution in [0.25, 0.3) is 6.08 Å². The van der Waals surface area contributed by atoms with Crippen LogP contribution in [0.4, 0.5) is 0 Å². The van der Waals surface area contributed by atoms with Gasteiger partial charge in [-0.15, -0.1) is 0 Å². The summed E-state index contributed by atoms with van der Waals surface area (Å²) in [5.74, 6) is 1.21. The van der Waals surface area contributed by atoms with Crippen molar-refractivity contribution in [3.8, 4) is 5.75 Å². The molecule has 3 nitrogen and oxygen atoms in total. The molecule has 0 amide bonds. The lowest BCUT2D eigenvalue weighted by molar-refractivity contribution is 0.0210. The van der Waals surface area contributed by atoms with Crippen molar-refractivity contribution in [3.05, 3.63) is 178 Å². The fourth-order valence-electron chi connectivity index (χ4n) is 5.78. The zero-order chi connectivity index (χ0) is 31.4. The number of aliphatic hydroxyl groups excluding tert-OH is 1. The Kier molecular flexibility index (Phi) is 11.4. The van der Waals surface area contributed by atoms with Crippen LogP contribution in [0.2, 0.25) is 0 Å². The summed E-state index contributed by atoms with van der Waals surface area (Å²) in [4.78, 5) is 0. The molecule has 45 heavy (non-hydrogen) atoms. The van der Waals surface area contributed by atoms with E-state index >= 15 is 0 Å². The first kappa shape index (κ1) is 32.0. The smallest absolute Gasteiger partial charge is 0.127 e. The van der Waals surface area contributed by atoms with Crippen LogP contribution in [-0.2, 0) is 4.74 Å². The monoisotopic (exact) mass is 596 g/mol. The molecule has 3 heteroatoms. The lowest BCUT2D eigenvalue weighted by Crippen LogP contribution is -2.24. The van der Waals surface area contributed by atoms with Gasteiger partial charge < -0.3 is 14.6 Å². The Morgan fingerprint density at radius 1 is 0.556 bits per heavy atom. The summed E-state index contributed by atoms with van der Waals surface area (Å²) in [5, 5.41) is 10.9. The highest BCUT2D eigenvalue weighted by Gasteiger charge is 2.25. The Labute approximate surface area is 268 Å². The quantitative estimate of drug-likeness (QED) is 0.130. The van der Waals surface area contributed by atoms with Gasteiger partial charge in [0.1, 0.15) is 18.5 Å². The van der Waals surface area contributed by atoms with Crippen molar-refractivity contribution >= 4 is 6.08 Å². The predicted molar refractivity (Wildman–Crippen MR) is 186 cm³/mol. The second-order valence-corrected chi connectivity index (χ2v) is 11.7. The Hall–Kier alpha value is -4.44. The standard InChI is InChI=1S/C42H44O3/c1-31(35-20-10-5-11-21-35)38-27-40(32(2)36-22-12-6-13-23-36)42(41(28-38)33(3)37-24-14-7-15-25-37)45-30-39(43)29-44-26-16-19-34-17-8-4-9-18-34/h4-25,27-28,31-33,39,43H,26,29-30H2,1-3H3/b19-16+. The van der Waals surface area contributed by atoms with E-state index in [0.717, 1.165) is 22.4 Å². The van der Waals surface area contributed by atoms with Gasteiger partial charge in [0.15, 0.2) is 0 Å². The van der Waals surface area contributed by atoms with Gasteiger partial charge in [0, 0.05) is 28.9 Å². The maximum Gasteiger partial charge on any atom is 0.127 e. The van der Waals surface area contributed by atoms with Gasteiger partial charge in [-0.25, -0.2) is 0 Å². The van der Waals surface area contributed by atoms with Crippen LogP contribution in [0, 0.1) is 0 Å². The molecule has 0 fully saturated rings. The fourth-order valence-corrected chi connectivity index (χ4v) is 5.78. The summed E-state index contributed by atoms with van der Waals surface area (Å²) in [5.41, 5.74) is 8.33. The minimum atomic E-state index is -0.766. The molecule has 0 saturated heterocycles. The third-order valence-corrected chi connectivity index (χ3v) is 8.55. The van der Waals surface area contributed by atoms with Crippen LogP contribution in [0.15, 0.2) is 140 Å². The molecule has 5 aromatic carbocycles. The number of benzene rings is 5. The Morgan fingerprint density at radius 3 is 1.49 bits per heavy atom. The molecule has 0 bridgehead atoms. The van der Waals surface area contributed by atoms with Crippen molar-refractivity contribution in [2.75, 3.05) is 19.8 Å². The van der Waals surface area contributed by atoms with Gasteiger partial charge in [-0.05, 0) is 27.8 Å². The molecule has 0 aliphatic carbocycles. The Balaban J connectivity index is 1.45. The molecular formula is C42H44O3. The van der Waals surface area contributed by atoms with E-state index in [1.165, 1.54) is 22.3 Å². The normalized spacial score (nSPS) is 14.1. The van der Waals surface area contributed by atoms with E-state index in [1.54, 1.807) is 0 Å². The molecule has 230 valence electrons. The number of rotatable bonds is 14. The van der Waals surface area contributed by atoms with Crippen LogP contribution in [0.5, 0.6) is 5.75 Å². The first-order chi connectivity index (χ1) is 22.0. The van der Waals surface area contributed by atoms with Gasteiger partial charge in [-0.3, -0.25) is 0 Å². The van der Waals surface area contributed by atoms with Gasteiger partial charge >= 0.3 is 0 Å². The van der Waals surface area contributed by atoms with Gasteiger partial charge in [0.2, 0.25) is 0 Å². The third-order valence-electron chi connectivity index (χ3n) is 8.55. The lowest BCUT2D eigenvalue weighted by atomic mass is 9.81. The average molecular weight is 597 g/mol. The second-order valence-electron chi connectivity index (χ2n) is 11.7. The predicted octanol–water partition coefficient (Wildman–Crippen LogP) is 9.61. The molecule has 0 aromatic heterocycles. The van der Waals surface area contributed by atoms with Crippen LogP contribution in [0.3, 0.4) is 0 Å². The molecule has 0 saturated carbocycles. The van der Waals surface area contributed by atoms with E-state index in [1.807, 2.05) is 42.5 Å². The average Bonchev–Trinajstić information content (AvgIpc) is 3.11. The van der Waals surface area contributed by atoms with Crippen molar-refractivity contribution < 1.29 is 14.6 Å². The summed E-state index contributed by atoms with van der Waals surface area (Å²) in [6, 6.07) is 46.5. The van der Waals surface area contributed by atoms with Gasteiger partial charge in [-0.1, -0.05) is 166 Å². The minimum Gasteiger partial charge on any atom is -0.490 e. The topological polar surface area (TPSA) is 38.7 Å². The summed E-state index contributed by atoms with van der Waals surface area (Å²) in [7, 11) is 0. The van der Waals surface area contributed by atoms with E-state index < -0.39 is 6.10 Å². The molecular weight excluding hydrogens is 552 g/mol. The number of hydrogen-bond acceptors (Lipinski definition) is 3. The number of ether oxygens (including phenoxy) is 2. The number of hydrogen-bond donors (Lipinski definition) is 1. The fraction of sp³-hybridized carbons (Fsp3) is 0.238. The van der Waals surface area contributed by atoms with Crippen molar-refractivity contribution in [2.24, 2.45) is 0 Å². The van der Waals surface area contributed by atoms with E-state index in [-0.39, 0.29) is 31.0 Å². The molecule has 5 aromatic rings. The largest absolute Gasteiger partial charge is 0.490 e. The molecule has 0 heterocycles. The first-order valence-corrected chi connectivity index (χ1v) is 15.9. The SMILES string of the molecule is CC(c1ccccc1)c1cc(C(C)c2ccccc2)c(OCC(O)COC/C=C/c2ccccc2)c(C(C)c2ccccc2)c1. The maximum atomic E-state index is 10.9. The van der Waals surface area contributed by atoms with Crippen LogP contribution < -0.4 is 4.74 Å². The van der Waals surface area contributed by atoms with E-state index in [4.69, 9.17) is 9.47 Å². The molecule has 0 aliphatic heterocycles. The summed E-state index contributed by atoms with van der Waals surface area (Å²) < 4.78 is 12.4. The van der Waals surface area contributed by atoms with Crippen molar-refractivity contribution in [3.63, 3.8) is 0 Å². The number of aliphatic hydroxyl groups is 1. The Morgan fingerprint density at radius 2 is 1.00 bits per heavy atom. The highest BCUT2D eigenvalue weighted by molar-refractivity contribution is 5.54. The molecule has 4 unspecified atom stereocenters. The lowest BCUT2D eigenvalue weighted by Gasteiger charge is -2.27. The van der Waals surface area contributed by atoms with Crippen molar-refractivity contribution in [1.82, 2.24) is 0 Å². The van der Waals surface area contributed by atoms with Gasteiger partial charge in [0.25, 0.3) is 0 Å². The molecule has 1 N–H and O–H groups in total. The van der Waals surface area contributed by atoms with Crippen molar-refractivity contribution in [1.29, 1.82) is 0 Å². The third kappa shape index (κ3) is 8.60. The van der Waals surface area contributed by atoms with Crippen LogP contribution in [-0.4, -0.2) is 31.0 Å².